The Balaban J connectivity index is 3.72. The van der Waals surface area contributed by atoms with E-state index in [1.54, 1.807) is 0 Å². The van der Waals surface area contributed by atoms with Gasteiger partial charge in [-0.15, -0.1) is 0 Å². The Hall–Kier alpha value is -0.970. The molecule has 0 aromatic rings. The largest absolute Gasteiger partial charge is 0.548 e. The van der Waals surface area contributed by atoms with Crippen molar-refractivity contribution in [3.63, 3.8) is 0 Å². The maximum atomic E-state index is 10.9. The summed E-state index contributed by atoms with van der Waals surface area (Å²) >= 11 is 1.50. The lowest BCUT2D eigenvalue weighted by Gasteiger charge is -2.17. The second kappa shape index (κ2) is 14.6. The third-order valence-corrected chi connectivity index (χ3v) is 4.64. The van der Waals surface area contributed by atoms with Gasteiger partial charge in [-0.2, -0.15) is 11.8 Å². The van der Waals surface area contributed by atoms with E-state index >= 15 is 0 Å². The summed E-state index contributed by atoms with van der Waals surface area (Å²) in [5, 5.41) is 13.3. The molecule has 4 nitrogen and oxygen atoms in total. The van der Waals surface area contributed by atoms with Crippen LogP contribution in [-0.2, 0) is 9.59 Å². The third kappa shape index (κ3) is 14.4. The summed E-state index contributed by atoms with van der Waals surface area (Å²) in [4.78, 5) is 21.8. The van der Waals surface area contributed by atoms with Crippen molar-refractivity contribution in [2.45, 2.75) is 78.2 Å². The summed E-state index contributed by atoms with van der Waals surface area (Å²) in [7, 11) is 0. The quantitative estimate of drug-likeness (QED) is 0.389. The molecule has 0 aliphatic rings. The first-order valence-corrected chi connectivity index (χ1v) is 9.84. The Morgan fingerprint density at radius 3 is 2.26 bits per heavy atom. The minimum atomic E-state index is -1.23. The summed E-state index contributed by atoms with van der Waals surface area (Å²) in [6.07, 6.45) is 12.5. The van der Waals surface area contributed by atoms with Crippen molar-refractivity contribution in [3.8, 4) is 0 Å². The first-order valence-electron chi connectivity index (χ1n) is 8.68. The molecule has 0 fully saturated rings. The fourth-order valence-electron chi connectivity index (χ4n) is 2.26. The topological polar surface area (TPSA) is 69.2 Å². The van der Waals surface area contributed by atoms with Gasteiger partial charge in [0.2, 0.25) is 5.91 Å². The van der Waals surface area contributed by atoms with Gasteiger partial charge in [0.1, 0.15) is 0 Å². The fourth-order valence-corrected chi connectivity index (χ4v) is 3.26. The first kappa shape index (κ1) is 22.0. The molecule has 23 heavy (non-hydrogen) atoms. The smallest absolute Gasteiger partial charge is 0.217 e. The number of amides is 1. The number of allylic oxidation sites excluding steroid dienone is 1. The van der Waals surface area contributed by atoms with Crippen LogP contribution in [0.5, 0.6) is 0 Å². The van der Waals surface area contributed by atoms with Gasteiger partial charge in [-0.05, 0) is 19.8 Å². The van der Waals surface area contributed by atoms with Crippen LogP contribution in [0.2, 0.25) is 0 Å². The maximum Gasteiger partial charge on any atom is 0.217 e. The molecule has 0 bridgehead atoms. The Labute approximate surface area is 145 Å². The number of carboxylic acid groups (broad SMARTS) is 1. The zero-order valence-electron chi connectivity index (χ0n) is 14.9. The van der Waals surface area contributed by atoms with Crippen molar-refractivity contribution in [1.82, 2.24) is 5.32 Å². The van der Waals surface area contributed by atoms with Crippen molar-refractivity contribution >= 4 is 23.6 Å². The molecule has 0 saturated heterocycles. The molecule has 1 atom stereocenters. The Morgan fingerprint density at radius 2 is 1.70 bits per heavy atom. The third-order valence-electron chi connectivity index (χ3n) is 3.67. The van der Waals surface area contributed by atoms with Crippen LogP contribution in [0, 0.1) is 0 Å². The number of carboxylic acids is 1. The van der Waals surface area contributed by atoms with Gasteiger partial charge in [-0.25, -0.2) is 0 Å². The van der Waals surface area contributed by atoms with Crippen LogP contribution in [0.3, 0.4) is 0 Å². The monoisotopic (exact) mass is 342 g/mol. The standard InChI is InChI=1S/C18H33NO3S/c1-4-5-6-7-8-9-10-11-15(2)12-13-23-14-17(18(21)22)19-16(3)20/h12,17H,4-11,13-14H2,1-3H3,(H,19,20)(H,21,22)/p-1/b15-12+. The van der Waals surface area contributed by atoms with Crippen molar-refractivity contribution in [2.24, 2.45) is 0 Å². The Morgan fingerprint density at radius 1 is 1.09 bits per heavy atom. The van der Waals surface area contributed by atoms with Crippen LogP contribution in [-0.4, -0.2) is 29.4 Å². The number of aliphatic carboxylic acids is 1. The second-order valence-electron chi connectivity index (χ2n) is 6.03. The molecule has 1 N–H and O–H groups in total. The maximum absolute atomic E-state index is 10.9. The van der Waals surface area contributed by atoms with Gasteiger partial charge in [0, 0.05) is 18.4 Å². The molecule has 1 unspecified atom stereocenters. The van der Waals surface area contributed by atoms with E-state index in [4.69, 9.17) is 0 Å². The lowest BCUT2D eigenvalue weighted by molar-refractivity contribution is -0.307. The van der Waals surface area contributed by atoms with Gasteiger partial charge >= 0.3 is 0 Å². The summed E-state index contributed by atoms with van der Waals surface area (Å²) in [6.45, 7) is 5.67. The normalized spacial score (nSPS) is 12.9. The van der Waals surface area contributed by atoms with Crippen LogP contribution in [0.25, 0.3) is 0 Å². The molecule has 0 heterocycles. The molecule has 0 saturated carbocycles. The van der Waals surface area contributed by atoms with Gasteiger partial charge in [-0.3, -0.25) is 4.79 Å². The number of rotatable bonds is 14. The van der Waals surface area contributed by atoms with E-state index < -0.39 is 12.0 Å². The summed E-state index contributed by atoms with van der Waals surface area (Å²) in [5.74, 6) is -0.462. The fraction of sp³-hybridized carbons (Fsp3) is 0.778. The molecule has 134 valence electrons. The molecular weight excluding hydrogens is 310 g/mol. The summed E-state index contributed by atoms with van der Waals surface area (Å²) in [6, 6.07) is -0.908. The lowest BCUT2D eigenvalue weighted by Crippen LogP contribution is -2.48. The van der Waals surface area contributed by atoms with E-state index in [-0.39, 0.29) is 5.91 Å². The molecule has 0 aliphatic heterocycles. The highest BCUT2D eigenvalue weighted by molar-refractivity contribution is 7.99. The number of carbonyl (C=O) groups excluding carboxylic acids is 2. The molecule has 1 amide bonds. The highest BCUT2D eigenvalue weighted by Crippen LogP contribution is 2.13. The molecule has 0 spiro atoms. The van der Waals surface area contributed by atoms with E-state index in [2.05, 4.69) is 25.2 Å². The second-order valence-corrected chi connectivity index (χ2v) is 7.11. The zero-order chi connectivity index (χ0) is 17.5. The Bertz CT molecular complexity index is 369. The van der Waals surface area contributed by atoms with Crippen LogP contribution in [0.1, 0.15) is 72.1 Å². The number of thioether (sulfide) groups is 1. The van der Waals surface area contributed by atoms with Crippen LogP contribution < -0.4 is 10.4 Å². The van der Waals surface area contributed by atoms with E-state index in [1.165, 1.54) is 69.2 Å². The lowest BCUT2D eigenvalue weighted by atomic mass is 10.1. The van der Waals surface area contributed by atoms with Gasteiger partial charge in [0.15, 0.2) is 0 Å². The first-order chi connectivity index (χ1) is 11.0. The van der Waals surface area contributed by atoms with Crippen molar-refractivity contribution in [3.05, 3.63) is 11.6 Å². The molecule has 0 aromatic heterocycles. The van der Waals surface area contributed by atoms with Crippen molar-refractivity contribution in [2.75, 3.05) is 11.5 Å². The van der Waals surface area contributed by atoms with E-state index in [0.717, 1.165) is 12.2 Å². The van der Waals surface area contributed by atoms with Crippen molar-refractivity contribution in [1.29, 1.82) is 0 Å². The average Bonchev–Trinajstić information content (AvgIpc) is 2.48. The molecule has 0 radical (unpaired) electrons. The van der Waals surface area contributed by atoms with Crippen LogP contribution >= 0.6 is 11.8 Å². The van der Waals surface area contributed by atoms with Gasteiger partial charge < -0.3 is 15.2 Å². The summed E-state index contributed by atoms with van der Waals surface area (Å²) in [5.41, 5.74) is 1.36. The predicted molar refractivity (Wildman–Crippen MR) is 96.3 cm³/mol. The van der Waals surface area contributed by atoms with Gasteiger partial charge in [-0.1, -0.05) is 57.1 Å². The number of hydrogen-bond acceptors (Lipinski definition) is 4. The van der Waals surface area contributed by atoms with Crippen LogP contribution in [0.15, 0.2) is 11.6 Å². The SMILES string of the molecule is CCCCCCCCC/C(C)=C/CSCC(NC(C)=O)C(=O)[O-]. The number of hydrogen-bond donors (Lipinski definition) is 1. The highest BCUT2D eigenvalue weighted by Gasteiger charge is 2.10. The number of nitrogens with one attached hydrogen (secondary N) is 1. The Kier molecular flexibility index (Phi) is 14.0. The average molecular weight is 343 g/mol. The summed E-state index contributed by atoms with van der Waals surface area (Å²) < 4.78 is 0. The highest BCUT2D eigenvalue weighted by atomic mass is 32.2. The minimum absolute atomic E-state index is 0.336. The molecular formula is C18H32NO3S-. The molecule has 0 aliphatic carbocycles. The number of unbranched alkanes of at least 4 members (excludes halogenated alkanes) is 6. The van der Waals surface area contributed by atoms with E-state index in [9.17, 15) is 14.7 Å². The molecule has 5 heteroatoms. The van der Waals surface area contributed by atoms with Crippen molar-refractivity contribution < 1.29 is 14.7 Å². The van der Waals surface area contributed by atoms with E-state index in [1.807, 2.05) is 0 Å². The van der Waals surface area contributed by atoms with Crippen LogP contribution in [0.4, 0.5) is 0 Å². The predicted octanol–water partition coefficient (Wildman–Crippen LogP) is 3.06. The minimum Gasteiger partial charge on any atom is -0.548 e. The number of carbonyl (C=O) groups is 2. The van der Waals surface area contributed by atoms with E-state index in [0.29, 0.717) is 5.75 Å². The van der Waals surface area contributed by atoms with Gasteiger partial charge in [0.05, 0.1) is 12.0 Å². The zero-order valence-corrected chi connectivity index (χ0v) is 15.7. The van der Waals surface area contributed by atoms with Gasteiger partial charge in [0.25, 0.3) is 0 Å². The molecule has 0 aromatic carbocycles. The molecule has 0 rings (SSSR count).